The zero-order chi connectivity index (χ0) is 17.2. The summed E-state index contributed by atoms with van der Waals surface area (Å²) < 4.78 is 10.3. The highest BCUT2D eigenvalue weighted by molar-refractivity contribution is 7.12. The maximum atomic E-state index is 12.6. The number of ether oxygens (including phenoxy) is 2. The summed E-state index contributed by atoms with van der Waals surface area (Å²) in [5, 5.41) is 1.89. The van der Waals surface area contributed by atoms with Crippen molar-refractivity contribution in [2.75, 3.05) is 52.5 Å². The zero-order valence-electron chi connectivity index (χ0n) is 14.2. The molecule has 0 radical (unpaired) electrons. The van der Waals surface area contributed by atoms with Gasteiger partial charge in [0.25, 0.3) is 5.91 Å². The van der Waals surface area contributed by atoms with Gasteiger partial charge in [-0.15, -0.1) is 11.3 Å². The van der Waals surface area contributed by atoms with Crippen LogP contribution in [0.2, 0.25) is 0 Å². The van der Waals surface area contributed by atoms with Gasteiger partial charge in [-0.1, -0.05) is 6.07 Å². The monoisotopic (exact) mass is 354 g/mol. The summed E-state index contributed by atoms with van der Waals surface area (Å²) >= 11 is 1.43. The number of carbonyl (C=O) groups is 2. The Morgan fingerprint density at radius 3 is 2.79 bits per heavy atom. The van der Waals surface area contributed by atoms with Crippen molar-refractivity contribution in [1.82, 2.24) is 9.80 Å². The fraction of sp³-hybridized carbons (Fsp3) is 0.647. The van der Waals surface area contributed by atoms with Crippen molar-refractivity contribution in [3.63, 3.8) is 0 Å². The van der Waals surface area contributed by atoms with Gasteiger partial charge >= 0.3 is 5.97 Å². The van der Waals surface area contributed by atoms with Crippen LogP contribution in [0.1, 0.15) is 29.4 Å². The van der Waals surface area contributed by atoms with Crippen LogP contribution in [-0.4, -0.2) is 74.2 Å². The van der Waals surface area contributed by atoms with Crippen LogP contribution in [0.3, 0.4) is 0 Å². The topological polar surface area (TPSA) is 59.1 Å². The van der Waals surface area contributed by atoms with Crippen molar-refractivity contribution in [3.05, 3.63) is 22.4 Å². The van der Waals surface area contributed by atoms with E-state index in [0.29, 0.717) is 24.6 Å². The fourth-order valence-corrected chi connectivity index (χ4v) is 3.33. The molecule has 1 amide bonds. The first kappa shape index (κ1) is 18.9. The van der Waals surface area contributed by atoms with E-state index in [-0.39, 0.29) is 18.3 Å². The number of amides is 1. The lowest BCUT2D eigenvalue weighted by Gasteiger charge is -2.28. The van der Waals surface area contributed by atoms with Crippen LogP contribution in [0.15, 0.2) is 17.5 Å². The molecule has 1 saturated heterocycles. The van der Waals surface area contributed by atoms with Crippen LogP contribution in [0, 0.1) is 0 Å². The SMILES string of the molecule is CCOC(=O)CCN(CCCN1CCOCC1)C(=O)c1cccs1. The molecule has 6 nitrogen and oxygen atoms in total. The van der Waals surface area contributed by atoms with Gasteiger partial charge in [-0.05, 0) is 24.8 Å². The maximum absolute atomic E-state index is 12.6. The molecule has 7 heteroatoms. The predicted molar refractivity (Wildman–Crippen MR) is 93.3 cm³/mol. The summed E-state index contributed by atoms with van der Waals surface area (Å²) in [4.78, 5) is 29.0. The molecule has 0 bridgehead atoms. The van der Waals surface area contributed by atoms with Gasteiger partial charge < -0.3 is 14.4 Å². The molecule has 1 fully saturated rings. The third-order valence-electron chi connectivity index (χ3n) is 3.92. The highest BCUT2D eigenvalue weighted by atomic mass is 32.1. The molecule has 1 aromatic heterocycles. The van der Waals surface area contributed by atoms with E-state index in [1.165, 1.54) is 11.3 Å². The van der Waals surface area contributed by atoms with Gasteiger partial charge in [-0.25, -0.2) is 0 Å². The van der Waals surface area contributed by atoms with Crippen molar-refractivity contribution in [2.45, 2.75) is 19.8 Å². The lowest BCUT2D eigenvalue weighted by Crippen LogP contribution is -2.39. The third kappa shape index (κ3) is 6.22. The fourth-order valence-electron chi connectivity index (χ4n) is 2.64. The van der Waals surface area contributed by atoms with E-state index in [9.17, 15) is 9.59 Å². The Balaban J connectivity index is 1.84. The summed E-state index contributed by atoms with van der Waals surface area (Å²) in [6.07, 6.45) is 1.13. The molecule has 0 N–H and O–H groups in total. The molecule has 2 rings (SSSR count). The molecule has 0 unspecified atom stereocenters. The largest absolute Gasteiger partial charge is 0.466 e. The average Bonchev–Trinajstić information content (AvgIpc) is 3.13. The van der Waals surface area contributed by atoms with Crippen LogP contribution < -0.4 is 0 Å². The van der Waals surface area contributed by atoms with Crippen molar-refractivity contribution in [3.8, 4) is 0 Å². The Labute approximate surface area is 147 Å². The lowest BCUT2D eigenvalue weighted by molar-refractivity contribution is -0.143. The second kappa shape index (κ2) is 10.4. The molecule has 1 aromatic rings. The maximum Gasteiger partial charge on any atom is 0.307 e. The first-order valence-corrected chi connectivity index (χ1v) is 9.37. The van der Waals surface area contributed by atoms with Gasteiger partial charge in [0.2, 0.25) is 0 Å². The van der Waals surface area contributed by atoms with E-state index in [4.69, 9.17) is 9.47 Å². The number of nitrogens with zero attached hydrogens (tertiary/aromatic N) is 2. The highest BCUT2D eigenvalue weighted by Crippen LogP contribution is 2.13. The summed E-state index contributed by atoms with van der Waals surface area (Å²) in [6.45, 7) is 7.59. The van der Waals surface area contributed by atoms with Crippen LogP contribution >= 0.6 is 11.3 Å². The molecular weight excluding hydrogens is 328 g/mol. The van der Waals surface area contributed by atoms with Gasteiger partial charge in [-0.2, -0.15) is 0 Å². The minimum Gasteiger partial charge on any atom is -0.466 e. The molecule has 0 aliphatic carbocycles. The standard InChI is InChI=1S/C17H26N2O4S/c1-2-23-16(20)6-9-19(17(21)15-5-3-14-24-15)8-4-7-18-10-12-22-13-11-18/h3,5,14H,2,4,6-13H2,1H3. The Kier molecular flexibility index (Phi) is 8.21. The number of hydrogen-bond acceptors (Lipinski definition) is 6. The molecule has 1 aliphatic rings. The van der Waals surface area contributed by atoms with Crippen molar-refractivity contribution in [2.24, 2.45) is 0 Å². The van der Waals surface area contributed by atoms with Gasteiger partial charge in [0.1, 0.15) is 0 Å². The number of thiophene rings is 1. The third-order valence-corrected chi connectivity index (χ3v) is 4.77. The Hall–Kier alpha value is -1.44. The lowest BCUT2D eigenvalue weighted by atomic mass is 10.2. The molecule has 0 saturated carbocycles. The molecule has 2 heterocycles. The second-order valence-electron chi connectivity index (χ2n) is 5.63. The number of morpholine rings is 1. The van der Waals surface area contributed by atoms with E-state index in [1.54, 1.807) is 11.8 Å². The highest BCUT2D eigenvalue weighted by Gasteiger charge is 2.18. The summed E-state index contributed by atoms with van der Waals surface area (Å²) in [5.74, 6) is -0.258. The molecular formula is C17H26N2O4S. The van der Waals surface area contributed by atoms with Crippen molar-refractivity contribution < 1.29 is 19.1 Å². The Morgan fingerprint density at radius 1 is 1.33 bits per heavy atom. The molecule has 0 atom stereocenters. The van der Waals surface area contributed by atoms with Crippen LogP contribution in [0.25, 0.3) is 0 Å². The number of esters is 1. The zero-order valence-corrected chi connectivity index (χ0v) is 15.1. The first-order chi connectivity index (χ1) is 11.7. The molecule has 0 aromatic carbocycles. The quantitative estimate of drug-likeness (QED) is 0.634. The molecule has 134 valence electrons. The normalized spacial score (nSPS) is 15.2. The van der Waals surface area contributed by atoms with Crippen molar-refractivity contribution in [1.29, 1.82) is 0 Å². The van der Waals surface area contributed by atoms with E-state index in [0.717, 1.165) is 39.3 Å². The average molecular weight is 354 g/mol. The minimum atomic E-state index is -0.255. The van der Waals surface area contributed by atoms with Crippen LogP contribution in [-0.2, 0) is 14.3 Å². The van der Waals surface area contributed by atoms with Gasteiger partial charge in [0, 0.05) is 32.7 Å². The van der Waals surface area contributed by atoms with Gasteiger partial charge in [-0.3, -0.25) is 14.5 Å². The summed E-state index contributed by atoms with van der Waals surface area (Å²) in [5.41, 5.74) is 0. The summed E-state index contributed by atoms with van der Waals surface area (Å²) in [7, 11) is 0. The van der Waals surface area contributed by atoms with E-state index in [1.807, 2.05) is 17.5 Å². The Morgan fingerprint density at radius 2 is 2.12 bits per heavy atom. The number of rotatable bonds is 9. The Bertz CT molecular complexity index is 501. The van der Waals surface area contributed by atoms with E-state index in [2.05, 4.69) is 4.90 Å². The second-order valence-corrected chi connectivity index (χ2v) is 6.58. The van der Waals surface area contributed by atoms with Crippen LogP contribution in [0.4, 0.5) is 0 Å². The predicted octanol–water partition coefficient (Wildman–Crippen LogP) is 1.87. The van der Waals surface area contributed by atoms with Crippen LogP contribution in [0.5, 0.6) is 0 Å². The van der Waals surface area contributed by atoms with E-state index < -0.39 is 0 Å². The van der Waals surface area contributed by atoms with Crippen molar-refractivity contribution >= 4 is 23.2 Å². The van der Waals surface area contributed by atoms with Gasteiger partial charge in [0.05, 0.1) is 31.1 Å². The molecule has 24 heavy (non-hydrogen) atoms. The minimum absolute atomic E-state index is 0.00345. The van der Waals surface area contributed by atoms with E-state index >= 15 is 0 Å². The molecule has 0 spiro atoms. The number of carbonyl (C=O) groups excluding carboxylic acids is 2. The number of hydrogen-bond donors (Lipinski definition) is 0. The molecule has 1 aliphatic heterocycles. The first-order valence-electron chi connectivity index (χ1n) is 8.49. The smallest absolute Gasteiger partial charge is 0.307 e. The summed E-state index contributed by atoms with van der Waals surface area (Å²) in [6, 6.07) is 3.70. The van der Waals surface area contributed by atoms with Gasteiger partial charge in [0.15, 0.2) is 0 Å².